The Labute approximate surface area is 177 Å². The normalized spacial score (nSPS) is 14.0. The Balaban J connectivity index is 1.54. The third-order valence-electron chi connectivity index (χ3n) is 5.33. The molecule has 0 spiro atoms. The van der Waals surface area contributed by atoms with Crippen LogP contribution in [0, 0.1) is 5.82 Å². The van der Waals surface area contributed by atoms with E-state index in [0.29, 0.717) is 16.7 Å². The number of H-pyrrole nitrogens is 1. The first-order valence-electron chi connectivity index (χ1n) is 9.89. The molecule has 4 aromatic rings. The number of amides is 1. The summed E-state index contributed by atoms with van der Waals surface area (Å²) in [7, 11) is 0. The number of rotatable bonds is 5. The molecule has 1 fully saturated rings. The fourth-order valence-electron chi connectivity index (χ4n) is 3.80. The van der Waals surface area contributed by atoms with Gasteiger partial charge in [-0.05, 0) is 43.2 Å². The molecule has 0 unspecified atom stereocenters. The van der Waals surface area contributed by atoms with E-state index in [1.807, 2.05) is 39.9 Å². The number of benzene rings is 2. The summed E-state index contributed by atoms with van der Waals surface area (Å²) in [5.74, 6) is 0.751. The number of aromatic nitrogens is 4. The Hall–Kier alpha value is -3.13. The van der Waals surface area contributed by atoms with Crippen LogP contribution < -0.4 is 0 Å². The Morgan fingerprint density at radius 3 is 2.63 bits per heavy atom. The second-order valence-corrected chi connectivity index (χ2v) is 8.19. The van der Waals surface area contributed by atoms with Crippen molar-refractivity contribution in [2.75, 3.05) is 18.8 Å². The van der Waals surface area contributed by atoms with E-state index >= 15 is 0 Å². The van der Waals surface area contributed by atoms with Gasteiger partial charge in [0.2, 0.25) is 5.91 Å². The number of aromatic amines is 1. The summed E-state index contributed by atoms with van der Waals surface area (Å²) in [6, 6.07) is 14.2. The second kappa shape index (κ2) is 7.95. The summed E-state index contributed by atoms with van der Waals surface area (Å²) in [6.07, 6.45) is 4.03. The van der Waals surface area contributed by atoms with Crippen LogP contribution in [0.1, 0.15) is 12.8 Å². The summed E-state index contributed by atoms with van der Waals surface area (Å²) in [6.45, 7) is 1.65. The predicted molar refractivity (Wildman–Crippen MR) is 115 cm³/mol. The first kappa shape index (κ1) is 18.9. The maximum absolute atomic E-state index is 13.5. The fourth-order valence-corrected chi connectivity index (χ4v) is 4.66. The zero-order valence-corrected chi connectivity index (χ0v) is 17.0. The number of hydrogen-bond donors (Lipinski definition) is 1. The molecular weight excluding hydrogens is 401 g/mol. The average molecular weight is 422 g/mol. The van der Waals surface area contributed by atoms with Crippen molar-refractivity contribution >= 4 is 28.6 Å². The third-order valence-corrected chi connectivity index (χ3v) is 6.25. The SMILES string of the molecule is O=C(CSc1nnc(-c2c[nH]c3ccccc23)n1-c1ccc(F)cc1)N1CCCC1. The number of thioether (sulfide) groups is 1. The first-order chi connectivity index (χ1) is 14.7. The molecule has 0 aliphatic carbocycles. The van der Waals surface area contributed by atoms with Crippen molar-refractivity contribution in [1.82, 2.24) is 24.6 Å². The van der Waals surface area contributed by atoms with Crippen LogP contribution in [-0.4, -0.2) is 49.4 Å². The lowest BCUT2D eigenvalue weighted by Crippen LogP contribution is -2.29. The van der Waals surface area contributed by atoms with Crippen molar-refractivity contribution in [2.45, 2.75) is 18.0 Å². The van der Waals surface area contributed by atoms with Crippen molar-refractivity contribution in [3.05, 3.63) is 60.5 Å². The number of halogens is 1. The molecule has 0 atom stereocenters. The van der Waals surface area contributed by atoms with Gasteiger partial charge >= 0.3 is 0 Å². The van der Waals surface area contributed by atoms with Crippen molar-refractivity contribution in [2.24, 2.45) is 0 Å². The summed E-state index contributed by atoms with van der Waals surface area (Å²) in [4.78, 5) is 17.7. The lowest BCUT2D eigenvalue weighted by molar-refractivity contribution is -0.127. The van der Waals surface area contributed by atoms with Gasteiger partial charge in [-0.25, -0.2) is 4.39 Å². The molecule has 2 aromatic heterocycles. The number of carbonyl (C=O) groups excluding carboxylic acids is 1. The van der Waals surface area contributed by atoms with Gasteiger partial charge in [-0.2, -0.15) is 0 Å². The summed E-state index contributed by atoms with van der Waals surface area (Å²) >= 11 is 1.36. The van der Waals surface area contributed by atoms with E-state index in [-0.39, 0.29) is 11.7 Å². The minimum absolute atomic E-state index is 0.111. The number of carbonyl (C=O) groups is 1. The van der Waals surface area contributed by atoms with E-state index < -0.39 is 0 Å². The van der Waals surface area contributed by atoms with Gasteiger partial charge in [-0.3, -0.25) is 9.36 Å². The molecular formula is C22H20FN5OS. The lowest BCUT2D eigenvalue weighted by Gasteiger charge is -2.15. The largest absolute Gasteiger partial charge is 0.360 e. The molecule has 0 bridgehead atoms. The molecule has 152 valence electrons. The Morgan fingerprint density at radius 1 is 1.07 bits per heavy atom. The Kier molecular flexibility index (Phi) is 5.00. The van der Waals surface area contributed by atoms with Gasteiger partial charge in [-0.15, -0.1) is 10.2 Å². The molecule has 1 amide bonds. The number of fused-ring (bicyclic) bond motifs is 1. The zero-order chi connectivity index (χ0) is 20.5. The molecule has 1 aliphatic rings. The summed E-state index contributed by atoms with van der Waals surface area (Å²) in [5.41, 5.74) is 2.65. The minimum Gasteiger partial charge on any atom is -0.360 e. The predicted octanol–water partition coefficient (Wildman–Crippen LogP) is 4.27. The van der Waals surface area contributed by atoms with Crippen LogP contribution in [0.2, 0.25) is 0 Å². The summed E-state index contributed by atoms with van der Waals surface area (Å²) < 4.78 is 15.4. The zero-order valence-electron chi connectivity index (χ0n) is 16.2. The highest BCUT2D eigenvalue weighted by molar-refractivity contribution is 7.99. The molecule has 1 saturated heterocycles. The molecule has 2 aromatic carbocycles. The van der Waals surface area contributed by atoms with E-state index in [0.717, 1.165) is 48.1 Å². The topological polar surface area (TPSA) is 66.8 Å². The molecule has 30 heavy (non-hydrogen) atoms. The Morgan fingerprint density at radius 2 is 1.83 bits per heavy atom. The van der Waals surface area contributed by atoms with Gasteiger partial charge in [0.25, 0.3) is 0 Å². The fraction of sp³-hybridized carbons (Fsp3) is 0.227. The van der Waals surface area contributed by atoms with Crippen molar-refractivity contribution in [1.29, 1.82) is 0 Å². The molecule has 0 radical (unpaired) electrons. The molecule has 5 rings (SSSR count). The summed E-state index contributed by atoms with van der Waals surface area (Å²) in [5, 5.41) is 10.4. The monoisotopic (exact) mass is 421 g/mol. The number of likely N-dealkylation sites (tertiary alicyclic amines) is 1. The van der Waals surface area contributed by atoms with Gasteiger partial charge in [0.1, 0.15) is 5.82 Å². The van der Waals surface area contributed by atoms with Gasteiger partial charge in [0.15, 0.2) is 11.0 Å². The molecule has 3 heterocycles. The van der Waals surface area contributed by atoms with Gasteiger partial charge in [0.05, 0.1) is 5.75 Å². The Bertz CT molecular complexity index is 1190. The maximum atomic E-state index is 13.5. The van der Waals surface area contributed by atoms with Gasteiger partial charge in [-0.1, -0.05) is 30.0 Å². The van der Waals surface area contributed by atoms with Crippen molar-refractivity contribution in [3.8, 4) is 17.1 Å². The molecule has 6 nitrogen and oxygen atoms in total. The quantitative estimate of drug-likeness (QED) is 0.489. The number of para-hydroxylation sites is 1. The van der Waals surface area contributed by atoms with Crippen molar-refractivity contribution < 1.29 is 9.18 Å². The van der Waals surface area contributed by atoms with Crippen LogP contribution in [0.3, 0.4) is 0 Å². The molecule has 1 N–H and O–H groups in total. The van der Waals surface area contributed by atoms with Crippen LogP contribution in [-0.2, 0) is 4.79 Å². The van der Waals surface area contributed by atoms with E-state index in [2.05, 4.69) is 15.2 Å². The minimum atomic E-state index is -0.307. The van der Waals surface area contributed by atoms with E-state index in [1.54, 1.807) is 12.1 Å². The molecule has 1 aliphatic heterocycles. The van der Waals surface area contributed by atoms with Crippen LogP contribution >= 0.6 is 11.8 Å². The van der Waals surface area contributed by atoms with Crippen LogP contribution in [0.5, 0.6) is 0 Å². The van der Waals surface area contributed by atoms with E-state index in [1.165, 1.54) is 23.9 Å². The maximum Gasteiger partial charge on any atom is 0.233 e. The molecule has 8 heteroatoms. The number of nitrogens with zero attached hydrogens (tertiary/aromatic N) is 4. The molecule has 0 saturated carbocycles. The number of hydrogen-bond acceptors (Lipinski definition) is 4. The highest BCUT2D eigenvalue weighted by Crippen LogP contribution is 2.32. The standard InChI is InChI=1S/C22H20FN5OS/c23-15-7-9-16(10-8-15)28-21(18-13-24-19-6-2-1-5-17(18)19)25-26-22(28)30-14-20(29)27-11-3-4-12-27/h1-2,5-10,13,24H,3-4,11-12,14H2. The van der Waals surface area contributed by atoms with E-state index in [9.17, 15) is 9.18 Å². The third kappa shape index (κ3) is 3.47. The number of nitrogens with one attached hydrogen (secondary N) is 1. The highest BCUT2D eigenvalue weighted by atomic mass is 32.2. The van der Waals surface area contributed by atoms with Crippen molar-refractivity contribution in [3.63, 3.8) is 0 Å². The smallest absolute Gasteiger partial charge is 0.233 e. The van der Waals surface area contributed by atoms with Crippen LogP contribution in [0.4, 0.5) is 4.39 Å². The van der Waals surface area contributed by atoms with Crippen LogP contribution in [0.25, 0.3) is 28.0 Å². The van der Waals surface area contributed by atoms with Gasteiger partial charge < -0.3 is 9.88 Å². The van der Waals surface area contributed by atoms with Gasteiger partial charge in [0, 0.05) is 41.4 Å². The second-order valence-electron chi connectivity index (χ2n) is 7.24. The lowest BCUT2D eigenvalue weighted by atomic mass is 10.1. The van der Waals surface area contributed by atoms with E-state index in [4.69, 9.17) is 0 Å². The average Bonchev–Trinajstić information content (AvgIpc) is 3.51. The first-order valence-corrected chi connectivity index (χ1v) is 10.9. The highest BCUT2D eigenvalue weighted by Gasteiger charge is 2.22. The van der Waals surface area contributed by atoms with Crippen LogP contribution in [0.15, 0.2) is 59.9 Å².